The number of rotatable bonds is 1. The summed E-state index contributed by atoms with van der Waals surface area (Å²) in [6.07, 6.45) is 2.96. The van der Waals surface area contributed by atoms with Crippen molar-refractivity contribution in [3.63, 3.8) is 0 Å². The lowest BCUT2D eigenvalue weighted by molar-refractivity contribution is 0.659. The molecule has 2 rings (SSSR count). The molecule has 0 saturated carbocycles. The molecule has 0 aromatic carbocycles. The van der Waals surface area contributed by atoms with Gasteiger partial charge in [0.15, 0.2) is 0 Å². The highest BCUT2D eigenvalue weighted by atomic mass is 79.9. The van der Waals surface area contributed by atoms with Gasteiger partial charge in [0.05, 0.1) is 16.4 Å². The number of hydrogen-bond acceptors (Lipinski definition) is 3. The summed E-state index contributed by atoms with van der Waals surface area (Å²) < 4.78 is 0.992. The molecule has 0 radical (unpaired) electrons. The molecule has 1 fully saturated rings. The molecular weight excluding hydrogens is 242 g/mol. The van der Waals surface area contributed by atoms with E-state index < -0.39 is 0 Å². The van der Waals surface area contributed by atoms with Crippen LogP contribution < -0.4 is 10.6 Å². The molecule has 1 aromatic rings. The zero-order valence-corrected chi connectivity index (χ0v) is 9.79. The third kappa shape index (κ3) is 1.85. The molecule has 1 atom stereocenters. The van der Waals surface area contributed by atoms with Crippen LogP contribution >= 0.6 is 15.9 Å². The molecule has 4 heteroatoms. The van der Waals surface area contributed by atoms with Gasteiger partial charge in [0.1, 0.15) is 5.82 Å². The van der Waals surface area contributed by atoms with E-state index in [0.29, 0.717) is 5.69 Å². The van der Waals surface area contributed by atoms with Gasteiger partial charge in [0.2, 0.25) is 0 Å². The lowest BCUT2D eigenvalue weighted by Gasteiger charge is -2.18. The Morgan fingerprint density at radius 2 is 2.43 bits per heavy atom. The van der Waals surface area contributed by atoms with Crippen LogP contribution in [0.3, 0.4) is 0 Å². The summed E-state index contributed by atoms with van der Waals surface area (Å²) >= 11 is 3.49. The Bertz CT molecular complexity index is 340. The van der Waals surface area contributed by atoms with Crippen molar-refractivity contribution in [2.24, 2.45) is 5.92 Å². The smallest absolute Gasteiger partial charge is 0.143 e. The van der Waals surface area contributed by atoms with Gasteiger partial charge < -0.3 is 10.6 Å². The van der Waals surface area contributed by atoms with Gasteiger partial charge >= 0.3 is 0 Å². The van der Waals surface area contributed by atoms with Crippen molar-refractivity contribution in [3.05, 3.63) is 16.7 Å². The zero-order chi connectivity index (χ0) is 10.1. The van der Waals surface area contributed by atoms with Crippen molar-refractivity contribution in [2.45, 2.75) is 13.3 Å². The molecule has 2 N–H and O–H groups in total. The predicted octanol–water partition coefficient (Wildman–Crippen LogP) is 2.27. The van der Waals surface area contributed by atoms with E-state index in [2.05, 4.69) is 32.7 Å². The second-order valence-corrected chi connectivity index (χ2v) is 4.77. The molecule has 1 unspecified atom stereocenters. The number of nitrogen functional groups attached to an aromatic ring is 1. The highest BCUT2D eigenvalue weighted by Gasteiger charge is 2.21. The Balaban J connectivity index is 2.24. The first kappa shape index (κ1) is 9.77. The molecule has 1 aliphatic heterocycles. The Kier molecular flexibility index (Phi) is 2.63. The zero-order valence-electron chi connectivity index (χ0n) is 8.20. The van der Waals surface area contributed by atoms with E-state index in [1.54, 1.807) is 6.20 Å². The van der Waals surface area contributed by atoms with Crippen LogP contribution in [0, 0.1) is 5.92 Å². The van der Waals surface area contributed by atoms with Crippen LogP contribution in [0.2, 0.25) is 0 Å². The van der Waals surface area contributed by atoms with Crippen LogP contribution in [0.4, 0.5) is 11.5 Å². The number of hydrogen-bond donors (Lipinski definition) is 1. The largest absolute Gasteiger partial charge is 0.397 e. The van der Waals surface area contributed by atoms with Crippen molar-refractivity contribution in [3.8, 4) is 0 Å². The second-order valence-electron chi connectivity index (χ2n) is 3.91. The van der Waals surface area contributed by atoms with Gasteiger partial charge in [-0.15, -0.1) is 0 Å². The lowest BCUT2D eigenvalue weighted by Crippen LogP contribution is -2.20. The monoisotopic (exact) mass is 255 g/mol. The molecular formula is C10H14BrN3. The minimum atomic E-state index is 0.702. The average Bonchev–Trinajstić information content (AvgIpc) is 2.51. The van der Waals surface area contributed by atoms with Gasteiger partial charge in [-0.2, -0.15) is 0 Å². The summed E-state index contributed by atoms with van der Waals surface area (Å²) in [5.74, 6) is 1.78. The standard InChI is InChI=1S/C10H14BrN3/c1-7-2-3-14(6-7)10-9(11)4-8(12)5-13-10/h4-5,7H,2-3,6,12H2,1H3. The maximum absolute atomic E-state index is 5.64. The summed E-state index contributed by atoms with van der Waals surface area (Å²) in [6.45, 7) is 4.46. The minimum absolute atomic E-state index is 0.702. The van der Waals surface area contributed by atoms with Crippen molar-refractivity contribution in [1.82, 2.24) is 4.98 Å². The van der Waals surface area contributed by atoms with Crippen molar-refractivity contribution in [2.75, 3.05) is 23.7 Å². The van der Waals surface area contributed by atoms with Gasteiger partial charge in [-0.25, -0.2) is 4.98 Å². The molecule has 0 bridgehead atoms. The Morgan fingerprint density at radius 1 is 1.64 bits per heavy atom. The summed E-state index contributed by atoms with van der Waals surface area (Å²) in [7, 11) is 0. The SMILES string of the molecule is CC1CCN(c2ncc(N)cc2Br)C1. The van der Waals surface area contributed by atoms with E-state index in [0.717, 1.165) is 29.3 Å². The number of nitrogens with two attached hydrogens (primary N) is 1. The van der Waals surface area contributed by atoms with Crippen LogP contribution in [0.5, 0.6) is 0 Å². The lowest BCUT2D eigenvalue weighted by atomic mass is 10.2. The van der Waals surface area contributed by atoms with E-state index >= 15 is 0 Å². The number of pyridine rings is 1. The first-order valence-corrected chi connectivity index (χ1v) is 5.62. The summed E-state index contributed by atoms with van der Waals surface area (Å²) in [5.41, 5.74) is 6.34. The molecule has 1 aromatic heterocycles. The summed E-state index contributed by atoms with van der Waals surface area (Å²) in [6, 6.07) is 1.91. The second kappa shape index (κ2) is 3.77. The van der Waals surface area contributed by atoms with Crippen molar-refractivity contribution >= 4 is 27.4 Å². The number of aromatic nitrogens is 1. The quantitative estimate of drug-likeness (QED) is 0.838. The fourth-order valence-corrected chi connectivity index (χ4v) is 2.42. The predicted molar refractivity (Wildman–Crippen MR) is 62.3 cm³/mol. The topological polar surface area (TPSA) is 42.2 Å². The van der Waals surface area contributed by atoms with Crippen LogP contribution in [0.25, 0.3) is 0 Å². The van der Waals surface area contributed by atoms with Gasteiger partial charge in [0.25, 0.3) is 0 Å². The fourth-order valence-electron chi connectivity index (χ4n) is 1.81. The Labute approximate surface area is 92.4 Å². The highest BCUT2D eigenvalue weighted by molar-refractivity contribution is 9.10. The molecule has 0 amide bonds. The van der Waals surface area contributed by atoms with Gasteiger partial charge in [-0.1, -0.05) is 6.92 Å². The highest BCUT2D eigenvalue weighted by Crippen LogP contribution is 2.29. The molecule has 76 valence electrons. The van der Waals surface area contributed by atoms with Gasteiger partial charge in [-0.3, -0.25) is 0 Å². The van der Waals surface area contributed by atoms with E-state index in [1.165, 1.54) is 6.42 Å². The van der Waals surface area contributed by atoms with Crippen LogP contribution in [-0.4, -0.2) is 18.1 Å². The molecule has 1 aliphatic rings. The van der Waals surface area contributed by atoms with Crippen LogP contribution in [0.1, 0.15) is 13.3 Å². The molecule has 1 saturated heterocycles. The van der Waals surface area contributed by atoms with E-state index in [-0.39, 0.29) is 0 Å². The molecule has 0 spiro atoms. The number of halogens is 1. The van der Waals surface area contributed by atoms with Gasteiger partial charge in [-0.05, 0) is 34.3 Å². The normalized spacial score (nSPS) is 21.6. The molecule has 3 nitrogen and oxygen atoms in total. The maximum atomic E-state index is 5.64. The average molecular weight is 256 g/mol. The van der Waals surface area contributed by atoms with E-state index in [4.69, 9.17) is 5.73 Å². The van der Waals surface area contributed by atoms with Crippen molar-refractivity contribution < 1.29 is 0 Å². The Hall–Kier alpha value is -0.770. The first-order chi connectivity index (χ1) is 6.66. The van der Waals surface area contributed by atoms with E-state index in [1.807, 2.05) is 6.07 Å². The fraction of sp³-hybridized carbons (Fsp3) is 0.500. The third-order valence-corrected chi connectivity index (χ3v) is 3.15. The number of anilines is 2. The van der Waals surface area contributed by atoms with Crippen molar-refractivity contribution in [1.29, 1.82) is 0 Å². The maximum Gasteiger partial charge on any atom is 0.143 e. The van der Waals surface area contributed by atoms with E-state index in [9.17, 15) is 0 Å². The van der Waals surface area contributed by atoms with Crippen LogP contribution in [0.15, 0.2) is 16.7 Å². The van der Waals surface area contributed by atoms with Crippen LogP contribution in [-0.2, 0) is 0 Å². The molecule has 14 heavy (non-hydrogen) atoms. The summed E-state index contributed by atoms with van der Waals surface area (Å²) in [4.78, 5) is 6.65. The van der Waals surface area contributed by atoms with Gasteiger partial charge in [0, 0.05) is 13.1 Å². The number of nitrogens with zero attached hydrogens (tertiary/aromatic N) is 2. The Morgan fingerprint density at radius 3 is 3.00 bits per heavy atom. The first-order valence-electron chi connectivity index (χ1n) is 4.83. The molecule has 2 heterocycles. The minimum Gasteiger partial charge on any atom is -0.397 e. The third-order valence-electron chi connectivity index (χ3n) is 2.57. The molecule has 0 aliphatic carbocycles. The summed E-state index contributed by atoms with van der Waals surface area (Å²) in [5, 5.41) is 0.